The number of nitrogens with zero attached hydrogens (tertiary/aromatic N) is 2. The van der Waals surface area contributed by atoms with Gasteiger partial charge in [0, 0.05) is 25.5 Å². The Bertz CT molecular complexity index is 654. The molecule has 3 N–H and O–H groups in total. The lowest BCUT2D eigenvalue weighted by Crippen LogP contribution is -2.10. The van der Waals surface area contributed by atoms with Gasteiger partial charge >= 0.3 is 5.97 Å². The second-order valence-corrected chi connectivity index (χ2v) is 4.61. The fraction of sp³-hybridized carbons (Fsp3) is 0.286. The summed E-state index contributed by atoms with van der Waals surface area (Å²) in [7, 11) is 3.08. The minimum Gasteiger partial charge on any atom is -0.465 e. The van der Waals surface area contributed by atoms with Crippen LogP contribution in [0.5, 0.6) is 0 Å². The van der Waals surface area contributed by atoms with E-state index in [1.54, 1.807) is 10.9 Å². The Labute approximate surface area is 121 Å². The third-order valence-corrected chi connectivity index (χ3v) is 3.03. The molecule has 2 aromatic rings. The molecular weight excluding hydrogens is 275 g/mol. The van der Waals surface area contributed by atoms with Crippen molar-refractivity contribution in [1.29, 1.82) is 0 Å². The van der Waals surface area contributed by atoms with Crippen LogP contribution in [0.25, 0.3) is 0 Å². The molecule has 0 saturated heterocycles. The topological polar surface area (TPSA) is 82.2 Å². The maximum Gasteiger partial charge on any atom is 0.340 e. The summed E-state index contributed by atoms with van der Waals surface area (Å²) < 4.78 is 20.1. The molecule has 0 atom stereocenters. The molecule has 0 radical (unpaired) electrons. The van der Waals surface area contributed by atoms with E-state index < -0.39 is 11.8 Å². The number of aromatic nitrogens is 2. The number of ether oxygens (including phenoxy) is 1. The molecule has 1 heterocycles. The fourth-order valence-corrected chi connectivity index (χ4v) is 1.95. The summed E-state index contributed by atoms with van der Waals surface area (Å²) in [6.07, 6.45) is 4.33. The summed E-state index contributed by atoms with van der Waals surface area (Å²) >= 11 is 0. The summed E-state index contributed by atoms with van der Waals surface area (Å²) in [6, 6.07) is 2.47. The first-order chi connectivity index (χ1) is 10.0. The van der Waals surface area contributed by atoms with E-state index in [0.29, 0.717) is 13.0 Å². The Balaban J connectivity index is 2.07. The molecule has 2 rings (SSSR count). The molecule has 112 valence electrons. The number of nitrogens with two attached hydrogens (primary N) is 1. The van der Waals surface area contributed by atoms with E-state index in [9.17, 15) is 9.18 Å². The normalized spacial score (nSPS) is 10.4. The zero-order chi connectivity index (χ0) is 15.4. The van der Waals surface area contributed by atoms with Crippen molar-refractivity contribution in [3.63, 3.8) is 0 Å². The number of methoxy groups -OCH3 is 1. The van der Waals surface area contributed by atoms with Gasteiger partial charge < -0.3 is 15.8 Å². The van der Waals surface area contributed by atoms with Crippen LogP contribution in [0.1, 0.15) is 15.9 Å². The summed E-state index contributed by atoms with van der Waals surface area (Å²) in [4.78, 5) is 11.5. The quantitative estimate of drug-likeness (QED) is 0.646. The Morgan fingerprint density at radius 1 is 1.52 bits per heavy atom. The molecule has 0 bridgehead atoms. The van der Waals surface area contributed by atoms with E-state index in [1.165, 1.54) is 13.2 Å². The Morgan fingerprint density at radius 3 is 2.90 bits per heavy atom. The number of nitrogen functional groups attached to an aromatic ring is 1. The van der Waals surface area contributed by atoms with Gasteiger partial charge in [0.25, 0.3) is 0 Å². The number of carbonyl (C=O) groups excluding carboxylic acids is 1. The molecule has 0 fully saturated rings. The van der Waals surface area contributed by atoms with E-state index in [0.717, 1.165) is 11.6 Å². The van der Waals surface area contributed by atoms with Gasteiger partial charge in [-0.2, -0.15) is 5.10 Å². The molecule has 0 saturated carbocycles. The van der Waals surface area contributed by atoms with Gasteiger partial charge in [0.15, 0.2) is 0 Å². The number of benzene rings is 1. The van der Waals surface area contributed by atoms with E-state index in [1.807, 2.05) is 13.2 Å². The third kappa shape index (κ3) is 3.50. The van der Waals surface area contributed by atoms with Crippen molar-refractivity contribution in [2.75, 3.05) is 24.7 Å². The van der Waals surface area contributed by atoms with Crippen LogP contribution in [0.2, 0.25) is 0 Å². The molecule has 1 aromatic carbocycles. The molecular formula is C14H17FN4O2. The monoisotopic (exact) mass is 292 g/mol. The number of esters is 1. The lowest BCUT2D eigenvalue weighted by molar-refractivity contribution is 0.0602. The average molecular weight is 292 g/mol. The van der Waals surface area contributed by atoms with Crippen molar-refractivity contribution in [2.45, 2.75) is 6.42 Å². The van der Waals surface area contributed by atoms with Crippen molar-refractivity contribution in [2.24, 2.45) is 7.05 Å². The van der Waals surface area contributed by atoms with Gasteiger partial charge in [0.05, 0.1) is 24.6 Å². The molecule has 0 aliphatic rings. The lowest BCUT2D eigenvalue weighted by Gasteiger charge is -2.10. The van der Waals surface area contributed by atoms with E-state index >= 15 is 0 Å². The predicted molar refractivity (Wildman–Crippen MR) is 77.6 cm³/mol. The number of nitrogens with one attached hydrogen (secondary N) is 1. The fourth-order valence-electron chi connectivity index (χ4n) is 1.95. The minimum atomic E-state index is -0.595. The van der Waals surface area contributed by atoms with E-state index in [-0.39, 0.29) is 16.9 Å². The first-order valence-corrected chi connectivity index (χ1v) is 6.40. The average Bonchev–Trinajstić information content (AvgIpc) is 2.86. The van der Waals surface area contributed by atoms with Crippen LogP contribution in [-0.2, 0) is 18.2 Å². The number of rotatable bonds is 5. The Kier molecular flexibility index (Phi) is 4.42. The predicted octanol–water partition coefficient (Wildman–Crippen LogP) is 1.58. The lowest BCUT2D eigenvalue weighted by atomic mass is 10.1. The van der Waals surface area contributed by atoms with Crippen LogP contribution in [0.15, 0.2) is 24.5 Å². The Hall–Kier alpha value is -2.57. The molecule has 0 aliphatic heterocycles. The highest BCUT2D eigenvalue weighted by molar-refractivity contribution is 5.96. The van der Waals surface area contributed by atoms with Gasteiger partial charge in [-0.25, -0.2) is 9.18 Å². The van der Waals surface area contributed by atoms with Crippen molar-refractivity contribution in [1.82, 2.24) is 9.78 Å². The molecule has 7 heteroatoms. The minimum absolute atomic E-state index is 0.0529. The molecule has 0 amide bonds. The third-order valence-electron chi connectivity index (χ3n) is 3.03. The number of anilines is 2. The summed E-state index contributed by atoms with van der Waals surface area (Å²) in [5, 5.41) is 7.00. The number of halogens is 1. The van der Waals surface area contributed by atoms with Crippen LogP contribution in [0, 0.1) is 5.82 Å². The molecule has 6 nitrogen and oxygen atoms in total. The van der Waals surface area contributed by atoms with Crippen LogP contribution in [-0.4, -0.2) is 29.4 Å². The van der Waals surface area contributed by atoms with Crippen molar-refractivity contribution in [3.8, 4) is 0 Å². The SMILES string of the molecule is COC(=O)c1cc(NCCc2cnn(C)c2)c(F)cc1N. The number of carbonyl (C=O) groups is 1. The Morgan fingerprint density at radius 2 is 2.29 bits per heavy atom. The van der Waals surface area contributed by atoms with Crippen molar-refractivity contribution in [3.05, 3.63) is 41.5 Å². The molecule has 0 aliphatic carbocycles. The zero-order valence-corrected chi connectivity index (χ0v) is 11.9. The summed E-state index contributed by atoms with van der Waals surface area (Å²) in [5.74, 6) is -1.10. The molecule has 1 aromatic heterocycles. The van der Waals surface area contributed by atoms with Crippen molar-refractivity contribution >= 4 is 17.3 Å². The summed E-state index contributed by atoms with van der Waals surface area (Å²) in [6.45, 7) is 0.507. The second-order valence-electron chi connectivity index (χ2n) is 4.61. The second kappa shape index (κ2) is 6.25. The molecule has 0 spiro atoms. The molecule has 21 heavy (non-hydrogen) atoms. The standard InChI is InChI=1S/C14H17FN4O2/c1-19-8-9(7-18-19)3-4-17-13-5-10(14(20)21-2)12(16)6-11(13)15/h5-8,17H,3-4,16H2,1-2H3. The maximum absolute atomic E-state index is 13.8. The molecule has 0 unspecified atom stereocenters. The highest BCUT2D eigenvalue weighted by Gasteiger charge is 2.14. The van der Waals surface area contributed by atoms with Gasteiger partial charge in [0.1, 0.15) is 5.82 Å². The highest BCUT2D eigenvalue weighted by atomic mass is 19.1. The van der Waals surface area contributed by atoms with Gasteiger partial charge in [0.2, 0.25) is 0 Å². The van der Waals surface area contributed by atoms with Gasteiger partial charge in [-0.1, -0.05) is 0 Å². The van der Waals surface area contributed by atoms with Gasteiger partial charge in [-0.15, -0.1) is 0 Å². The van der Waals surface area contributed by atoms with Gasteiger partial charge in [-0.05, 0) is 24.1 Å². The first kappa shape index (κ1) is 14.8. The van der Waals surface area contributed by atoms with Crippen LogP contribution in [0.4, 0.5) is 15.8 Å². The smallest absolute Gasteiger partial charge is 0.340 e. The number of hydrogen-bond acceptors (Lipinski definition) is 5. The highest BCUT2D eigenvalue weighted by Crippen LogP contribution is 2.22. The number of hydrogen-bond donors (Lipinski definition) is 2. The van der Waals surface area contributed by atoms with Crippen LogP contribution in [0.3, 0.4) is 0 Å². The first-order valence-electron chi connectivity index (χ1n) is 6.40. The van der Waals surface area contributed by atoms with Crippen LogP contribution < -0.4 is 11.1 Å². The largest absolute Gasteiger partial charge is 0.465 e. The van der Waals surface area contributed by atoms with Crippen LogP contribution >= 0.6 is 0 Å². The van der Waals surface area contributed by atoms with E-state index in [4.69, 9.17) is 5.73 Å². The van der Waals surface area contributed by atoms with Crippen molar-refractivity contribution < 1.29 is 13.9 Å². The maximum atomic E-state index is 13.8. The zero-order valence-electron chi connectivity index (χ0n) is 11.9. The van der Waals surface area contributed by atoms with Gasteiger partial charge in [-0.3, -0.25) is 4.68 Å². The summed E-state index contributed by atoms with van der Waals surface area (Å²) in [5.41, 5.74) is 7.06. The number of aryl methyl sites for hydroxylation is 1. The van der Waals surface area contributed by atoms with E-state index in [2.05, 4.69) is 15.2 Å².